The van der Waals surface area contributed by atoms with Crippen molar-refractivity contribution in [1.82, 2.24) is 0 Å². The first-order valence-corrected chi connectivity index (χ1v) is 8.20. The SMILES string of the molecule is OCC1CCC(OC2CCOC3(CCCC3)C2)CC1. The Kier molecular flexibility index (Phi) is 4.45. The van der Waals surface area contributed by atoms with Gasteiger partial charge in [-0.3, -0.25) is 0 Å². The zero-order valence-electron chi connectivity index (χ0n) is 12.0. The van der Waals surface area contributed by atoms with E-state index in [1.54, 1.807) is 0 Å². The van der Waals surface area contributed by atoms with Crippen molar-refractivity contribution in [3.05, 3.63) is 0 Å². The normalized spacial score (nSPS) is 38.7. The number of aliphatic hydroxyl groups is 1. The molecule has 0 bridgehead atoms. The van der Waals surface area contributed by atoms with Crippen LogP contribution in [0.4, 0.5) is 0 Å². The predicted molar refractivity (Wildman–Crippen MR) is 74.1 cm³/mol. The average molecular weight is 268 g/mol. The second-order valence-corrected chi connectivity index (χ2v) is 6.81. The van der Waals surface area contributed by atoms with E-state index in [0.717, 1.165) is 45.1 Å². The minimum atomic E-state index is 0.172. The van der Waals surface area contributed by atoms with Crippen molar-refractivity contribution < 1.29 is 14.6 Å². The Bertz CT molecular complexity index is 278. The molecule has 3 rings (SSSR count). The summed E-state index contributed by atoms with van der Waals surface area (Å²) in [5, 5.41) is 9.18. The summed E-state index contributed by atoms with van der Waals surface area (Å²) in [5.74, 6) is 0.524. The minimum absolute atomic E-state index is 0.172. The molecule has 1 saturated heterocycles. The molecule has 1 aliphatic heterocycles. The van der Waals surface area contributed by atoms with Gasteiger partial charge in [0.05, 0.1) is 17.8 Å². The fourth-order valence-corrected chi connectivity index (χ4v) is 4.19. The molecule has 1 atom stereocenters. The fraction of sp³-hybridized carbons (Fsp3) is 1.00. The van der Waals surface area contributed by atoms with Gasteiger partial charge in [0.2, 0.25) is 0 Å². The maximum absolute atomic E-state index is 9.18. The summed E-state index contributed by atoms with van der Waals surface area (Å²) in [6, 6.07) is 0. The molecule has 110 valence electrons. The Hall–Kier alpha value is -0.120. The highest BCUT2D eigenvalue weighted by molar-refractivity contribution is 4.92. The molecule has 19 heavy (non-hydrogen) atoms. The molecule has 1 heterocycles. The van der Waals surface area contributed by atoms with Gasteiger partial charge in [-0.2, -0.15) is 0 Å². The van der Waals surface area contributed by atoms with Crippen LogP contribution >= 0.6 is 0 Å². The largest absolute Gasteiger partial charge is 0.396 e. The average Bonchev–Trinajstić information content (AvgIpc) is 2.88. The molecule has 1 spiro atoms. The lowest BCUT2D eigenvalue weighted by Gasteiger charge is -2.40. The topological polar surface area (TPSA) is 38.7 Å². The zero-order valence-corrected chi connectivity index (χ0v) is 12.0. The van der Waals surface area contributed by atoms with Gasteiger partial charge in [-0.1, -0.05) is 12.8 Å². The highest BCUT2D eigenvalue weighted by atomic mass is 16.5. The summed E-state index contributed by atoms with van der Waals surface area (Å²) in [7, 11) is 0. The van der Waals surface area contributed by atoms with Gasteiger partial charge in [-0.05, 0) is 50.9 Å². The van der Waals surface area contributed by atoms with Crippen molar-refractivity contribution in [3.8, 4) is 0 Å². The van der Waals surface area contributed by atoms with Gasteiger partial charge < -0.3 is 14.6 Å². The van der Waals surface area contributed by atoms with E-state index >= 15 is 0 Å². The van der Waals surface area contributed by atoms with E-state index in [-0.39, 0.29) is 5.60 Å². The van der Waals surface area contributed by atoms with Crippen LogP contribution in [0.2, 0.25) is 0 Å². The van der Waals surface area contributed by atoms with Crippen molar-refractivity contribution in [3.63, 3.8) is 0 Å². The maximum Gasteiger partial charge on any atom is 0.0707 e. The summed E-state index contributed by atoms with van der Waals surface area (Å²) < 4.78 is 12.4. The van der Waals surface area contributed by atoms with Crippen molar-refractivity contribution in [2.24, 2.45) is 5.92 Å². The Labute approximate surface area is 116 Å². The van der Waals surface area contributed by atoms with E-state index in [9.17, 15) is 5.11 Å². The van der Waals surface area contributed by atoms with Crippen LogP contribution in [0.5, 0.6) is 0 Å². The van der Waals surface area contributed by atoms with Crippen LogP contribution in [0.15, 0.2) is 0 Å². The molecule has 2 saturated carbocycles. The van der Waals surface area contributed by atoms with Crippen molar-refractivity contribution in [2.75, 3.05) is 13.2 Å². The molecule has 0 aromatic rings. The zero-order chi connectivity index (χ0) is 13.1. The summed E-state index contributed by atoms with van der Waals surface area (Å²) in [5.41, 5.74) is 0.172. The molecular weight excluding hydrogens is 240 g/mol. The highest BCUT2D eigenvalue weighted by Gasteiger charge is 2.41. The van der Waals surface area contributed by atoms with E-state index in [4.69, 9.17) is 9.47 Å². The molecule has 2 aliphatic carbocycles. The third-order valence-electron chi connectivity index (χ3n) is 5.40. The molecule has 3 heteroatoms. The van der Waals surface area contributed by atoms with Gasteiger partial charge in [0.25, 0.3) is 0 Å². The molecule has 1 unspecified atom stereocenters. The van der Waals surface area contributed by atoms with E-state index in [0.29, 0.717) is 24.7 Å². The molecule has 3 nitrogen and oxygen atoms in total. The third-order valence-corrected chi connectivity index (χ3v) is 5.40. The lowest BCUT2D eigenvalue weighted by molar-refractivity contribution is -0.150. The number of aliphatic hydroxyl groups excluding tert-OH is 1. The predicted octanol–water partition coefficient (Wildman–Crippen LogP) is 3.05. The first kappa shape index (κ1) is 13.8. The van der Waals surface area contributed by atoms with Gasteiger partial charge in [0.15, 0.2) is 0 Å². The van der Waals surface area contributed by atoms with Crippen molar-refractivity contribution >= 4 is 0 Å². The molecule has 3 aliphatic rings. The monoisotopic (exact) mass is 268 g/mol. The first-order chi connectivity index (χ1) is 9.30. The smallest absolute Gasteiger partial charge is 0.0707 e. The summed E-state index contributed by atoms with van der Waals surface area (Å²) >= 11 is 0. The van der Waals surface area contributed by atoms with Crippen LogP contribution < -0.4 is 0 Å². The molecule has 0 aromatic carbocycles. The first-order valence-electron chi connectivity index (χ1n) is 8.20. The van der Waals surface area contributed by atoms with Crippen LogP contribution in [0.3, 0.4) is 0 Å². The standard InChI is InChI=1S/C16H28O3/c17-12-13-3-5-14(6-4-13)19-15-7-10-18-16(11-15)8-1-2-9-16/h13-15,17H,1-12H2. The van der Waals surface area contributed by atoms with Crippen LogP contribution in [0, 0.1) is 5.92 Å². The maximum atomic E-state index is 9.18. The Balaban J connectivity index is 1.47. The molecular formula is C16H28O3. The fourth-order valence-electron chi connectivity index (χ4n) is 4.19. The third kappa shape index (κ3) is 3.32. The highest BCUT2D eigenvalue weighted by Crippen LogP contribution is 2.41. The van der Waals surface area contributed by atoms with E-state index in [1.807, 2.05) is 0 Å². The molecule has 0 aromatic heterocycles. The lowest BCUT2D eigenvalue weighted by atomic mass is 9.87. The number of rotatable bonds is 3. The molecule has 3 fully saturated rings. The Morgan fingerprint density at radius 2 is 1.74 bits per heavy atom. The van der Waals surface area contributed by atoms with Gasteiger partial charge in [0, 0.05) is 19.6 Å². The van der Waals surface area contributed by atoms with Crippen LogP contribution in [0.1, 0.15) is 64.2 Å². The van der Waals surface area contributed by atoms with Crippen molar-refractivity contribution in [2.45, 2.75) is 82.0 Å². The van der Waals surface area contributed by atoms with E-state index in [2.05, 4.69) is 0 Å². The quantitative estimate of drug-likeness (QED) is 0.855. The van der Waals surface area contributed by atoms with Gasteiger partial charge in [-0.15, -0.1) is 0 Å². The van der Waals surface area contributed by atoms with Crippen LogP contribution in [0.25, 0.3) is 0 Å². The summed E-state index contributed by atoms with van der Waals surface area (Å²) in [6.45, 7) is 1.24. The van der Waals surface area contributed by atoms with Gasteiger partial charge in [0.1, 0.15) is 0 Å². The van der Waals surface area contributed by atoms with Crippen LogP contribution in [-0.4, -0.2) is 36.1 Å². The number of hydrogen-bond acceptors (Lipinski definition) is 3. The Morgan fingerprint density at radius 1 is 1.00 bits per heavy atom. The molecule has 0 amide bonds. The van der Waals surface area contributed by atoms with Gasteiger partial charge in [-0.25, -0.2) is 0 Å². The van der Waals surface area contributed by atoms with E-state index < -0.39 is 0 Å². The molecule has 0 radical (unpaired) electrons. The second kappa shape index (κ2) is 6.11. The van der Waals surface area contributed by atoms with Gasteiger partial charge >= 0.3 is 0 Å². The second-order valence-electron chi connectivity index (χ2n) is 6.81. The number of hydrogen-bond donors (Lipinski definition) is 1. The molecule has 1 N–H and O–H groups in total. The Morgan fingerprint density at radius 3 is 2.42 bits per heavy atom. The number of ether oxygens (including phenoxy) is 2. The van der Waals surface area contributed by atoms with E-state index in [1.165, 1.54) is 25.7 Å². The van der Waals surface area contributed by atoms with Crippen LogP contribution in [-0.2, 0) is 9.47 Å². The summed E-state index contributed by atoms with van der Waals surface area (Å²) in [4.78, 5) is 0. The summed E-state index contributed by atoms with van der Waals surface area (Å²) in [6.07, 6.45) is 12.7. The van der Waals surface area contributed by atoms with Crippen molar-refractivity contribution in [1.29, 1.82) is 0 Å². The lowest BCUT2D eigenvalue weighted by Crippen LogP contribution is -2.42. The minimum Gasteiger partial charge on any atom is -0.396 e.